The molecule has 0 bridgehead atoms. The summed E-state index contributed by atoms with van der Waals surface area (Å²) in [6.07, 6.45) is -4.85. The highest BCUT2D eigenvalue weighted by atomic mass is 19.4. The molecule has 0 aliphatic carbocycles. The number of aromatic nitrogens is 4. The minimum Gasteiger partial charge on any atom is -0.348 e. The van der Waals surface area contributed by atoms with Crippen molar-refractivity contribution in [1.29, 1.82) is 0 Å². The first kappa shape index (κ1) is 12.7. The fourth-order valence-corrected chi connectivity index (χ4v) is 1.84. The molecule has 1 aromatic rings. The van der Waals surface area contributed by atoms with Crippen molar-refractivity contribution in [3.8, 4) is 0 Å². The number of rotatable bonds is 3. The third-order valence-electron chi connectivity index (χ3n) is 2.93. The van der Waals surface area contributed by atoms with Crippen LogP contribution in [0, 0.1) is 5.41 Å². The molecule has 2 rings (SSSR count). The third kappa shape index (κ3) is 2.15. The van der Waals surface area contributed by atoms with Crippen LogP contribution in [0.3, 0.4) is 0 Å². The zero-order valence-corrected chi connectivity index (χ0v) is 9.21. The largest absolute Gasteiger partial charge is 0.404 e. The molecular formula is C8H11F3N6O. The van der Waals surface area contributed by atoms with E-state index in [2.05, 4.69) is 31.3 Å². The summed E-state index contributed by atoms with van der Waals surface area (Å²) in [7, 11) is 0. The lowest BCUT2D eigenvalue weighted by Crippen LogP contribution is -2.52. The summed E-state index contributed by atoms with van der Waals surface area (Å²) in [6.45, 7) is -0.434. The van der Waals surface area contributed by atoms with Crippen LogP contribution in [0.2, 0.25) is 0 Å². The highest BCUT2D eigenvalue weighted by molar-refractivity contribution is 5.84. The summed E-state index contributed by atoms with van der Waals surface area (Å²) in [6, 6.07) is 0. The van der Waals surface area contributed by atoms with Gasteiger partial charge in [0.2, 0.25) is 5.91 Å². The summed E-state index contributed by atoms with van der Waals surface area (Å²) in [5.41, 5.74) is -2.36. The second-order valence-corrected chi connectivity index (χ2v) is 4.02. The molecule has 0 aromatic carbocycles. The van der Waals surface area contributed by atoms with Gasteiger partial charge in [0.25, 0.3) is 0 Å². The number of hydrogen-bond donors (Lipinski definition) is 3. The van der Waals surface area contributed by atoms with E-state index in [4.69, 9.17) is 0 Å². The van der Waals surface area contributed by atoms with E-state index in [1.165, 1.54) is 0 Å². The van der Waals surface area contributed by atoms with Crippen LogP contribution >= 0.6 is 0 Å². The molecule has 1 aromatic heterocycles. The molecule has 1 amide bonds. The number of tetrazole rings is 1. The molecule has 1 atom stereocenters. The smallest absolute Gasteiger partial charge is 0.348 e. The van der Waals surface area contributed by atoms with E-state index < -0.39 is 24.0 Å². The lowest BCUT2D eigenvalue weighted by Gasteiger charge is -2.29. The number of nitrogens with one attached hydrogen (secondary N) is 3. The average Bonchev–Trinajstić information content (AvgIpc) is 2.96. The van der Waals surface area contributed by atoms with E-state index >= 15 is 0 Å². The van der Waals surface area contributed by atoms with Gasteiger partial charge in [0.15, 0.2) is 11.2 Å². The van der Waals surface area contributed by atoms with Crippen molar-refractivity contribution in [2.24, 2.45) is 5.41 Å². The number of hydrogen-bond acceptors (Lipinski definition) is 5. The van der Waals surface area contributed by atoms with Crippen LogP contribution in [-0.4, -0.2) is 45.8 Å². The first-order valence-electron chi connectivity index (χ1n) is 5.24. The Labute approximate surface area is 99.5 Å². The number of H-pyrrole nitrogens is 1. The second-order valence-electron chi connectivity index (χ2n) is 4.02. The van der Waals surface area contributed by atoms with E-state index in [0.717, 1.165) is 0 Å². The van der Waals surface area contributed by atoms with Crippen LogP contribution < -0.4 is 10.6 Å². The second kappa shape index (κ2) is 4.52. The molecule has 0 radical (unpaired) electrons. The monoisotopic (exact) mass is 264 g/mol. The maximum absolute atomic E-state index is 13.0. The number of carbonyl (C=O) groups excluding carboxylic acids is 1. The van der Waals surface area contributed by atoms with E-state index in [9.17, 15) is 18.0 Å². The van der Waals surface area contributed by atoms with Crippen molar-refractivity contribution in [3.05, 3.63) is 5.82 Å². The van der Waals surface area contributed by atoms with Gasteiger partial charge in [0.05, 0.1) is 6.54 Å². The maximum atomic E-state index is 13.0. The molecule has 100 valence electrons. The van der Waals surface area contributed by atoms with Gasteiger partial charge >= 0.3 is 6.18 Å². The van der Waals surface area contributed by atoms with Crippen LogP contribution in [-0.2, 0) is 11.3 Å². The predicted molar refractivity (Wildman–Crippen MR) is 52.0 cm³/mol. The van der Waals surface area contributed by atoms with Crippen molar-refractivity contribution in [2.75, 3.05) is 13.1 Å². The number of carbonyl (C=O) groups is 1. The highest BCUT2D eigenvalue weighted by Gasteiger charge is 2.61. The van der Waals surface area contributed by atoms with Crippen molar-refractivity contribution in [3.63, 3.8) is 0 Å². The average molecular weight is 264 g/mol. The first-order chi connectivity index (χ1) is 8.46. The molecule has 2 heterocycles. The van der Waals surface area contributed by atoms with Crippen molar-refractivity contribution >= 4 is 5.91 Å². The standard InChI is InChI=1S/C8H11F3N6O/c9-8(10,11)7(1-2-12-4-7)6(18)13-3-5-14-16-17-15-5/h12H,1-4H2,(H,13,18)(H,14,15,16,17). The Kier molecular flexibility index (Phi) is 3.20. The van der Waals surface area contributed by atoms with E-state index in [0.29, 0.717) is 0 Å². The Morgan fingerprint density at radius 3 is 2.78 bits per heavy atom. The van der Waals surface area contributed by atoms with E-state index in [1.54, 1.807) is 0 Å². The van der Waals surface area contributed by atoms with Gasteiger partial charge in [-0.1, -0.05) is 5.21 Å². The Balaban J connectivity index is 2.05. The molecule has 1 fully saturated rings. The fourth-order valence-electron chi connectivity index (χ4n) is 1.84. The topological polar surface area (TPSA) is 95.6 Å². The SMILES string of the molecule is O=C(NCc1nn[nH]n1)C1(C(F)(F)F)CCNC1. The summed E-state index contributed by atoms with van der Waals surface area (Å²) in [4.78, 5) is 11.8. The van der Waals surface area contributed by atoms with Crippen LogP contribution in [0.4, 0.5) is 13.2 Å². The molecule has 1 unspecified atom stereocenters. The molecule has 1 aliphatic heterocycles. The lowest BCUT2D eigenvalue weighted by atomic mass is 9.85. The maximum Gasteiger partial charge on any atom is 0.404 e. The number of halogens is 3. The summed E-state index contributed by atoms with van der Waals surface area (Å²) >= 11 is 0. The van der Waals surface area contributed by atoms with Gasteiger partial charge in [-0.05, 0) is 13.0 Å². The van der Waals surface area contributed by atoms with Crippen LogP contribution in [0.25, 0.3) is 0 Å². The van der Waals surface area contributed by atoms with E-state index in [-0.39, 0.29) is 25.3 Å². The zero-order valence-electron chi connectivity index (χ0n) is 9.21. The molecule has 7 nitrogen and oxygen atoms in total. The zero-order chi connectivity index (χ0) is 13.2. The summed E-state index contributed by atoms with van der Waals surface area (Å²) in [5.74, 6) is -0.934. The van der Waals surface area contributed by atoms with Gasteiger partial charge in [-0.3, -0.25) is 4.79 Å². The van der Waals surface area contributed by atoms with Crippen LogP contribution in [0.1, 0.15) is 12.2 Å². The Bertz CT molecular complexity index is 411. The van der Waals surface area contributed by atoms with Gasteiger partial charge in [0, 0.05) is 6.54 Å². The normalized spacial score (nSPS) is 24.2. The van der Waals surface area contributed by atoms with Crippen LogP contribution in [0.5, 0.6) is 0 Å². The Morgan fingerprint density at radius 2 is 2.28 bits per heavy atom. The molecule has 18 heavy (non-hydrogen) atoms. The molecule has 1 aliphatic rings. The Morgan fingerprint density at radius 1 is 1.50 bits per heavy atom. The minimum absolute atomic E-state index is 0.131. The summed E-state index contributed by atoms with van der Waals surface area (Å²) < 4.78 is 38.9. The minimum atomic E-state index is -4.59. The molecule has 3 N–H and O–H groups in total. The summed E-state index contributed by atoms with van der Waals surface area (Å²) in [5, 5.41) is 17.2. The number of nitrogens with zero attached hydrogens (tertiary/aromatic N) is 3. The van der Waals surface area contributed by atoms with Crippen molar-refractivity contribution in [2.45, 2.75) is 19.1 Å². The molecule has 10 heteroatoms. The molecular weight excluding hydrogens is 253 g/mol. The number of alkyl halides is 3. The van der Waals surface area contributed by atoms with Gasteiger partial charge in [0.1, 0.15) is 0 Å². The van der Waals surface area contributed by atoms with Crippen molar-refractivity contribution in [1.82, 2.24) is 31.3 Å². The lowest BCUT2D eigenvalue weighted by molar-refractivity contribution is -0.216. The van der Waals surface area contributed by atoms with Gasteiger partial charge in [-0.2, -0.15) is 18.4 Å². The number of aromatic amines is 1. The molecule has 1 saturated heterocycles. The molecule has 0 spiro atoms. The third-order valence-corrected chi connectivity index (χ3v) is 2.93. The van der Waals surface area contributed by atoms with Crippen LogP contribution in [0.15, 0.2) is 0 Å². The van der Waals surface area contributed by atoms with Gasteiger partial charge in [-0.25, -0.2) is 0 Å². The quantitative estimate of drug-likeness (QED) is 0.674. The highest BCUT2D eigenvalue weighted by Crippen LogP contribution is 2.43. The van der Waals surface area contributed by atoms with E-state index in [1.807, 2.05) is 0 Å². The first-order valence-corrected chi connectivity index (χ1v) is 5.24. The predicted octanol–water partition coefficient (Wildman–Crippen LogP) is -0.642. The number of amides is 1. The van der Waals surface area contributed by atoms with Gasteiger partial charge < -0.3 is 10.6 Å². The van der Waals surface area contributed by atoms with Gasteiger partial charge in [-0.15, -0.1) is 10.2 Å². The molecule has 0 saturated carbocycles. The van der Waals surface area contributed by atoms with Crippen molar-refractivity contribution < 1.29 is 18.0 Å². The Hall–Kier alpha value is -1.71. The fraction of sp³-hybridized carbons (Fsp3) is 0.750.